The SMILES string of the molecule is O=Cc1sccc1-c1cncnc1. The third-order valence-electron chi connectivity index (χ3n) is 1.67. The van der Waals surface area contributed by atoms with Gasteiger partial charge in [0.25, 0.3) is 0 Å². The second-order valence-corrected chi connectivity index (χ2v) is 3.39. The Bertz CT molecular complexity index is 411. The van der Waals surface area contributed by atoms with E-state index in [9.17, 15) is 4.79 Å². The maximum Gasteiger partial charge on any atom is 0.160 e. The Labute approximate surface area is 79.1 Å². The van der Waals surface area contributed by atoms with E-state index in [1.165, 1.54) is 17.7 Å². The lowest BCUT2D eigenvalue weighted by molar-refractivity contribution is 0.112. The van der Waals surface area contributed by atoms with Crippen LogP contribution in [0.25, 0.3) is 11.1 Å². The molecule has 0 radical (unpaired) electrons. The highest BCUT2D eigenvalue weighted by Gasteiger charge is 2.05. The van der Waals surface area contributed by atoms with E-state index in [0.29, 0.717) is 0 Å². The van der Waals surface area contributed by atoms with Crippen LogP contribution in [0.15, 0.2) is 30.2 Å². The van der Waals surface area contributed by atoms with Crippen LogP contribution in [0, 0.1) is 0 Å². The van der Waals surface area contributed by atoms with Crippen molar-refractivity contribution in [1.29, 1.82) is 0 Å². The van der Waals surface area contributed by atoms with Gasteiger partial charge in [0, 0.05) is 23.5 Å². The molecule has 3 nitrogen and oxygen atoms in total. The minimum Gasteiger partial charge on any atom is -0.297 e. The molecule has 0 aliphatic heterocycles. The van der Waals surface area contributed by atoms with Gasteiger partial charge in [0.15, 0.2) is 6.29 Å². The van der Waals surface area contributed by atoms with Crippen molar-refractivity contribution in [3.63, 3.8) is 0 Å². The highest BCUT2D eigenvalue weighted by atomic mass is 32.1. The molecule has 0 aliphatic rings. The molecule has 0 aliphatic carbocycles. The van der Waals surface area contributed by atoms with Crippen LogP contribution >= 0.6 is 11.3 Å². The van der Waals surface area contributed by atoms with E-state index >= 15 is 0 Å². The number of carbonyl (C=O) groups excluding carboxylic acids is 1. The Hall–Kier alpha value is -1.55. The van der Waals surface area contributed by atoms with Crippen LogP contribution < -0.4 is 0 Å². The Morgan fingerprint density at radius 1 is 1.31 bits per heavy atom. The molecule has 4 heteroatoms. The van der Waals surface area contributed by atoms with E-state index in [0.717, 1.165) is 22.3 Å². The van der Waals surface area contributed by atoms with Gasteiger partial charge in [0.05, 0.1) is 4.88 Å². The summed E-state index contributed by atoms with van der Waals surface area (Å²) < 4.78 is 0. The minimum atomic E-state index is 0.717. The van der Waals surface area contributed by atoms with Crippen LogP contribution in [0.4, 0.5) is 0 Å². The van der Waals surface area contributed by atoms with Crippen molar-refractivity contribution < 1.29 is 4.79 Å². The first-order valence-electron chi connectivity index (χ1n) is 3.70. The van der Waals surface area contributed by atoms with Crippen LogP contribution in [-0.2, 0) is 0 Å². The highest BCUT2D eigenvalue weighted by molar-refractivity contribution is 7.12. The zero-order valence-electron chi connectivity index (χ0n) is 6.68. The van der Waals surface area contributed by atoms with Crippen molar-refractivity contribution in [2.45, 2.75) is 0 Å². The molecule has 64 valence electrons. The van der Waals surface area contributed by atoms with E-state index in [4.69, 9.17) is 0 Å². The summed E-state index contributed by atoms with van der Waals surface area (Å²) in [5.74, 6) is 0. The number of rotatable bonds is 2. The fourth-order valence-corrected chi connectivity index (χ4v) is 1.81. The Morgan fingerprint density at radius 3 is 2.77 bits per heavy atom. The summed E-state index contributed by atoms with van der Waals surface area (Å²) >= 11 is 1.42. The van der Waals surface area contributed by atoms with Crippen molar-refractivity contribution in [2.75, 3.05) is 0 Å². The average Bonchev–Trinajstić information content (AvgIpc) is 2.67. The molecule has 0 N–H and O–H groups in total. The lowest BCUT2D eigenvalue weighted by Crippen LogP contribution is -1.83. The summed E-state index contributed by atoms with van der Waals surface area (Å²) in [6.07, 6.45) is 5.72. The molecule has 0 amide bonds. The van der Waals surface area contributed by atoms with Gasteiger partial charge < -0.3 is 0 Å². The molecule has 0 saturated carbocycles. The molecule has 0 spiro atoms. The van der Waals surface area contributed by atoms with Gasteiger partial charge in [-0.15, -0.1) is 11.3 Å². The number of aldehydes is 1. The average molecular weight is 190 g/mol. The quantitative estimate of drug-likeness (QED) is 0.680. The first-order valence-corrected chi connectivity index (χ1v) is 4.58. The first-order chi connectivity index (χ1) is 6.42. The predicted molar refractivity (Wildman–Crippen MR) is 50.7 cm³/mol. The third kappa shape index (κ3) is 1.48. The highest BCUT2D eigenvalue weighted by Crippen LogP contribution is 2.25. The normalized spacial score (nSPS) is 9.85. The van der Waals surface area contributed by atoms with Crippen LogP contribution in [0.5, 0.6) is 0 Å². The number of carbonyl (C=O) groups is 1. The molecule has 2 rings (SSSR count). The lowest BCUT2D eigenvalue weighted by atomic mass is 10.1. The van der Waals surface area contributed by atoms with E-state index < -0.39 is 0 Å². The van der Waals surface area contributed by atoms with E-state index in [2.05, 4.69) is 9.97 Å². The van der Waals surface area contributed by atoms with Crippen LogP contribution in [-0.4, -0.2) is 16.3 Å². The Kier molecular flexibility index (Phi) is 2.14. The number of hydrogen-bond acceptors (Lipinski definition) is 4. The Balaban J connectivity index is 2.52. The number of aromatic nitrogens is 2. The smallest absolute Gasteiger partial charge is 0.160 e. The molecule has 0 unspecified atom stereocenters. The third-order valence-corrected chi connectivity index (χ3v) is 2.52. The van der Waals surface area contributed by atoms with Crippen LogP contribution in [0.3, 0.4) is 0 Å². The zero-order valence-corrected chi connectivity index (χ0v) is 7.49. The van der Waals surface area contributed by atoms with Crippen LogP contribution in [0.1, 0.15) is 9.67 Å². The molecule has 2 heterocycles. The van der Waals surface area contributed by atoms with E-state index in [1.54, 1.807) is 12.4 Å². The maximum absolute atomic E-state index is 10.6. The topological polar surface area (TPSA) is 42.9 Å². The number of thiophene rings is 1. The maximum atomic E-state index is 10.6. The minimum absolute atomic E-state index is 0.717. The van der Waals surface area contributed by atoms with Crippen molar-refractivity contribution >= 4 is 17.6 Å². The Morgan fingerprint density at radius 2 is 2.08 bits per heavy atom. The van der Waals surface area contributed by atoms with Gasteiger partial charge in [-0.1, -0.05) is 0 Å². The van der Waals surface area contributed by atoms with Crippen molar-refractivity contribution in [1.82, 2.24) is 9.97 Å². The fourth-order valence-electron chi connectivity index (χ4n) is 1.09. The molecule has 2 aromatic heterocycles. The molecule has 0 fully saturated rings. The zero-order chi connectivity index (χ0) is 9.10. The van der Waals surface area contributed by atoms with Crippen molar-refractivity contribution in [2.24, 2.45) is 0 Å². The van der Waals surface area contributed by atoms with Crippen molar-refractivity contribution in [3.05, 3.63) is 35.0 Å². The summed E-state index contributed by atoms with van der Waals surface area (Å²) in [6, 6.07) is 1.90. The largest absolute Gasteiger partial charge is 0.297 e. The molecule has 13 heavy (non-hydrogen) atoms. The molecular formula is C9H6N2OS. The van der Waals surface area contributed by atoms with Gasteiger partial charge in [0.2, 0.25) is 0 Å². The predicted octanol–water partition coefficient (Wildman–Crippen LogP) is 2.02. The first kappa shape index (κ1) is 8.07. The second kappa shape index (κ2) is 3.45. The summed E-state index contributed by atoms with van der Waals surface area (Å²) in [7, 11) is 0. The second-order valence-electron chi connectivity index (χ2n) is 2.44. The van der Waals surface area contributed by atoms with Gasteiger partial charge in [0.1, 0.15) is 6.33 Å². The molecular weight excluding hydrogens is 184 g/mol. The molecule has 2 aromatic rings. The summed E-state index contributed by atoms with van der Waals surface area (Å²) in [6.45, 7) is 0. The van der Waals surface area contributed by atoms with E-state index in [1.807, 2.05) is 11.4 Å². The summed E-state index contributed by atoms with van der Waals surface area (Å²) in [5.41, 5.74) is 1.78. The van der Waals surface area contributed by atoms with Gasteiger partial charge >= 0.3 is 0 Å². The molecule has 0 aromatic carbocycles. The summed E-state index contributed by atoms with van der Waals surface area (Å²) in [5, 5.41) is 1.88. The van der Waals surface area contributed by atoms with Gasteiger partial charge in [-0.05, 0) is 11.4 Å². The van der Waals surface area contributed by atoms with Gasteiger partial charge in [-0.25, -0.2) is 9.97 Å². The van der Waals surface area contributed by atoms with Crippen molar-refractivity contribution in [3.8, 4) is 11.1 Å². The molecule has 0 bridgehead atoms. The number of nitrogens with zero attached hydrogens (tertiary/aromatic N) is 2. The lowest BCUT2D eigenvalue weighted by Gasteiger charge is -1.95. The van der Waals surface area contributed by atoms with Gasteiger partial charge in [-0.3, -0.25) is 4.79 Å². The number of hydrogen-bond donors (Lipinski definition) is 0. The standard InChI is InChI=1S/C9H6N2OS/c12-5-9-8(1-2-13-9)7-3-10-6-11-4-7/h1-6H. The molecule has 0 saturated heterocycles. The van der Waals surface area contributed by atoms with Gasteiger partial charge in [-0.2, -0.15) is 0 Å². The fraction of sp³-hybridized carbons (Fsp3) is 0. The van der Waals surface area contributed by atoms with Crippen LogP contribution in [0.2, 0.25) is 0 Å². The monoisotopic (exact) mass is 190 g/mol. The van der Waals surface area contributed by atoms with E-state index in [-0.39, 0.29) is 0 Å². The molecule has 0 atom stereocenters. The summed E-state index contributed by atoms with van der Waals surface area (Å²) in [4.78, 5) is 19.1.